The zero-order chi connectivity index (χ0) is 26.2. The van der Waals surface area contributed by atoms with Crippen LogP contribution in [-0.4, -0.2) is 46.3 Å². The number of H-pyrrole nitrogens is 1. The van der Waals surface area contributed by atoms with Crippen molar-refractivity contribution in [3.63, 3.8) is 0 Å². The summed E-state index contributed by atoms with van der Waals surface area (Å²) in [5.41, 5.74) is 3.12. The van der Waals surface area contributed by atoms with Crippen molar-refractivity contribution >= 4 is 22.9 Å². The van der Waals surface area contributed by atoms with Crippen LogP contribution in [0.3, 0.4) is 0 Å². The predicted octanol–water partition coefficient (Wildman–Crippen LogP) is 4.29. The van der Waals surface area contributed by atoms with E-state index in [4.69, 9.17) is 4.74 Å². The van der Waals surface area contributed by atoms with Gasteiger partial charge in [0, 0.05) is 25.1 Å². The molecule has 5 aromatic rings. The summed E-state index contributed by atoms with van der Waals surface area (Å²) in [7, 11) is 0. The lowest BCUT2D eigenvalue weighted by Gasteiger charge is -2.17. The number of hydrogen-bond acceptors (Lipinski definition) is 6. The first-order valence-corrected chi connectivity index (χ1v) is 12.5. The van der Waals surface area contributed by atoms with Gasteiger partial charge in [-0.1, -0.05) is 39.8 Å². The summed E-state index contributed by atoms with van der Waals surface area (Å²) in [5, 5.41) is 4.47. The molecule has 0 amide bonds. The Morgan fingerprint density at radius 1 is 1.22 bits per heavy atom. The summed E-state index contributed by atoms with van der Waals surface area (Å²) >= 11 is 0. The Labute approximate surface area is 213 Å². The third kappa shape index (κ3) is 5.04. The van der Waals surface area contributed by atoms with Crippen LogP contribution in [-0.2, 0) is 17.8 Å². The first-order chi connectivity index (χ1) is 17.7. The van der Waals surface area contributed by atoms with Gasteiger partial charge in [-0.25, -0.2) is 14.8 Å². The van der Waals surface area contributed by atoms with E-state index in [9.17, 15) is 9.59 Å². The van der Waals surface area contributed by atoms with Gasteiger partial charge < -0.3 is 9.72 Å². The van der Waals surface area contributed by atoms with E-state index >= 15 is 0 Å². The molecular formula is C27H31N7O3. The molecule has 0 bridgehead atoms. The summed E-state index contributed by atoms with van der Waals surface area (Å²) in [4.78, 5) is 37.8. The highest BCUT2D eigenvalue weighted by atomic mass is 16.5. The molecule has 192 valence electrons. The maximum absolute atomic E-state index is 13.1. The molecule has 1 aromatic carbocycles. The monoisotopic (exact) mass is 501 g/mol. The van der Waals surface area contributed by atoms with E-state index in [0.717, 1.165) is 24.0 Å². The second-order valence-electron chi connectivity index (χ2n) is 10.4. The molecule has 0 radical (unpaired) electrons. The smallest absolute Gasteiger partial charge is 0.338 e. The number of aryl methyl sites for hydroxylation is 1. The lowest BCUT2D eigenvalue weighted by Crippen LogP contribution is -2.23. The average Bonchev–Trinajstić information content (AvgIpc) is 3.60. The third-order valence-electron chi connectivity index (χ3n) is 6.18. The summed E-state index contributed by atoms with van der Waals surface area (Å²) < 4.78 is 10.7. The fourth-order valence-electron chi connectivity index (χ4n) is 4.23. The number of esters is 1. The number of nitrogens with one attached hydrogen (secondary N) is 1. The fraction of sp³-hybridized carbons (Fsp3) is 0.370. The molecule has 0 aliphatic carbocycles. The highest BCUT2D eigenvalue weighted by Crippen LogP contribution is 2.21. The van der Waals surface area contributed by atoms with Crippen LogP contribution in [0.5, 0.6) is 0 Å². The van der Waals surface area contributed by atoms with Crippen molar-refractivity contribution in [3.8, 4) is 11.4 Å². The molecular weight excluding hydrogens is 470 g/mol. The second-order valence-corrected chi connectivity index (χ2v) is 10.4. The summed E-state index contributed by atoms with van der Waals surface area (Å²) in [6, 6.07) is 7.37. The van der Waals surface area contributed by atoms with Gasteiger partial charge in [0.25, 0.3) is 5.56 Å². The van der Waals surface area contributed by atoms with Gasteiger partial charge in [-0.3, -0.25) is 18.4 Å². The summed E-state index contributed by atoms with van der Waals surface area (Å²) in [5.74, 6) is 0.803. The zero-order valence-electron chi connectivity index (χ0n) is 21.6. The van der Waals surface area contributed by atoms with Crippen molar-refractivity contribution in [2.45, 2.75) is 53.6 Å². The minimum atomic E-state index is -0.325. The highest BCUT2D eigenvalue weighted by molar-refractivity contribution is 5.89. The Bertz CT molecular complexity index is 1630. The number of carbonyl (C=O) groups is 1. The van der Waals surface area contributed by atoms with Crippen LogP contribution >= 0.6 is 0 Å². The topological polar surface area (TPSA) is 112 Å². The number of aromatic amines is 1. The van der Waals surface area contributed by atoms with Crippen LogP contribution in [0.2, 0.25) is 0 Å². The van der Waals surface area contributed by atoms with Crippen molar-refractivity contribution < 1.29 is 9.53 Å². The van der Waals surface area contributed by atoms with Crippen LogP contribution in [0.4, 0.5) is 0 Å². The van der Waals surface area contributed by atoms with E-state index in [1.54, 1.807) is 33.9 Å². The number of rotatable bonds is 8. The first-order valence-electron chi connectivity index (χ1n) is 12.5. The molecule has 0 aliphatic heterocycles. The van der Waals surface area contributed by atoms with Crippen LogP contribution in [0.15, 0.2) is 53.8 Å². The van der Waals surface area contributed by atoms with Crippen molar-refractivity contribution in [2.24, 2.45) is 5.41 Å². The Morgan fingerprint density at radius 3 is 2.84 bits per heavy atom. The number of benzene rings is 1. The van der Waals surface area contributed by atoms with Gasteiger partial charge >= 0.3 is 5.97 Å². The molecule has 10 heteroatoms. The van der Waals surface area contributed by atoms with Crippen LogP contribution in [0.1, 0.15) is 56.5 Å². The maximum atomic E-state index is 13.1. The molecule has 4 heterocycles. The van der Waals surface area contributed by atoms with Gasteiger partial charge in [-0.15, -0.1) is 0 Å². The van der Waals surface area contributed by atoms with E-state index in [-0.39, 0.29) is 16.9 Å². The van der Waals surface area contributed by atoms with Crippen molar-refractivity contribution in [2.75, 3.05) is 6.61 Å². The molecule has 1 N–H and O–H groups in total. The lowest BCUT2D eigenvalue weighted by molar-refractivity contribution is 0.0464. The molecule has 10 nitrogen and oxygen atoms in total. The predicted molar refractivity (Wildman–Crippen MR) is 141 cm³/mol. The quantitative estimate of drug-likeness (QED) is 0.318. The van der Waals surface area contributed by atoms with Crippen molar-refractivity contribution in [3.05, 3.63) is 70.5 Å². The minimum Gasteiger partial charge on any atom is -0.462 e. The number of fused-ring (bicyclic) bond motifs is 3. The normalized spacial score (nSPS) is 12.0. The third-order valence-corrected chi connectivity index (χ3v) is 6.18. The molecule has 0 unspecified atom stereocenters. The summed E-state index contributed by atoms with van der Waals surface area (Å²) in [6.45, 7) is 9.81. The molecule has 5 rings (SSSR count). The van der Waals surface area contributed by atoms with Crippen LogP contribution in [0.25, 0.3) is 28.3 Å². The number of carbonyl (C=O) groups excluding carboxylic acids is 1. The number of ether oxygens (including phenoxy) is 1. The Morgan fingerprint density at radius 2 is 2.05 bits per heavy atom. The van der Waals surface area contributed by atoms with E-state index in [0.29, 0.717) is 48.0 Å². The Hall–Kier alpha value is -4.21. The molecule has 4 aromatic heterocycles. The zero-order valence-corrected chi connectivity index (χ0v) is 21.6. The molecule has 0 atom stereocenters. The number of aromatic nitrogens is 7. The Kier molecular flexibility index (Phi) is 6.41. The standard InChI is InChI=1S/C27H31N7O3/c1-5-11-34-24(35)21-23(33-12-10-28-26(33)34)31-22(30-21)20-15-29-32(17-20)16-18-7-6-8-19(14-18)25(36)37-13-9-27(2,3)4/h6-8,10,12,14-15,17H,5,9,11,13,16H2,1-4H3,(H,30,31). The first kappa shape index (κ1) is 24.5. The highest BCUT2D eigenvalue weighted by Gasteiger charge is 2.17. The van der Waals surface area contributed by atoms with Gasteiger partial charge in [-0.05, 0) is 36.0 Å². The molecule has 0 saturated carbocycles. The second kappa shape index (κ2) is 9.68. The van der Waals surface area contributed by atoms with E-state index in [1.165, 1.54) is 0 Å². The number of imidazole rings is 2. The SMILES string of the molecule is CCCn1c(=O)c2[nH]c(-c3cnn(Cc4cccc(C(=O)OCCC(C)(C)C)c4)c3)nc2n2ccnc12. The van der Waals surface area contributed by atoms with E-state index in [2.05, 4.69) is 40.8 Å². The van der Waals surface area contributed by atoms with Gasteiger partial charge in [0.05, 0.1) is 30.5 Å². The maximum Gasteiger partial charge on any atom is 0.338 e. The van der Waals surface area contributed by atoms with Crippen LogP contribution < -0.4 is 5.56 Å². The van der Waals surface area contributed by atoms with Crippen LogP contribution in [0, 0.1) is 5.41 Å². The Balaban J connectivity index is 1.36. The molecule has 0 fully saturated rings. The molecule has 37 heavy (non-hydrogen) atoms. The molecule has 0 aliphatic rings. The van der Waals surface area contributed by atoms with Gasteiger partial charge in [0.15, 0.2) is 11.2 Å². The largest absolute Gasteiger partial charge is 0.462 e. The lowest BCUT2D eigenvalue weighted by atomic mass is 9.93. The number of hydrogen-bond donors (Lipinski definition) is 1. The van der Waals surface area contributed by atoms with Gasteiger partial charge in [0.1, 0.15) is 5.82 Å². The van der Waals surface area contributed by atoms with Gasteiger partial charge in [-0.2, -0.15) is 5.10 Å². The van der Waals surface area contributed by atoms with Crippen molar-refractivity contribution in [1.29, 1.82) is 0 Å². The average molecular weight is 502 g/mol. The fourth-order valence-corrected chi connectivity index (χ4v) is 4.23. The molecule has 0 saturated heterocycles. The van der Waals surface area contributed by atoms with Gasteiger partial charge in [0.2, 0.25) is 5.78 Å². The van der Waals surface area contributed by atoms with E-state index < -0.39 is 0 Å². The van der Waals surface area contributed by atoms with Crippen molar-refractivity contribution in [1.82, 2.24) is 33.7 Å². The minimum absolute atomic E-state index is 0.108. The number of nitrogens with zero attached hydrogens (tertiary/aromatic N) is 6. The van der Waals surface area contributed by atoms with E-state index in [1.807, 2.05) is 35.7 Å². The molecule has 0 spiro atoms. The summed E-state index contributed by atoms with van der Waals surface area (Å²) in [6.07, 6.45) is 8.66.